The molecule has 0 aromatic heterocycles. The predicted octanol–water partition coefficient (Wildman–Crippen LogP) is 2.08. The summed E-state index contributed by atoms with van der Waals surface area (Å²) in [4.78, 5) is 22.3. The van der Waals surface area contributed by atoms with Crippen molar-refractivity contribution < 1.29 is 19.4 Å². The van der Waals surface area contributed by atoms with Crippen LogP contribution in [0.4, 0.5) is 10.5 Å². The van der Waals surface area contributed by atoms with Gasteiger partial charge in [-0.2, -0.15) is 0 Å². The van der Waals surface area contributed by atoms with Gasteiger partial charge in [-0.3, -0.25) is 0 Å². The normalized spacial score (nSPS) is 20.8. The van der Waals surface area contributed by atoms with E-state index in [1.54, 1.807) is 31.4 Å². The minimum atomic E-state index is -1.01. The second-order valence-electron chi connectivity index (χ2n) is 4.92. The van der Waals surface area contributed by atoms with Crippen LogP contribution in [0.5, 0.6) is 0 Å². The van der Waals surface area contributed by atoms with Gasteiger partial charge in [0.25, 0.3) is 0 Å². The first-order valence-corrected chi connectivity index (χ1v) is 6.68. The zero-order valence-electron chi connectivity index (χ0n) is 11.7. The number of carboxylic acid groups (broad SMARTS) is 1. The summed E-state index contributed by atoms with van der Waals surface area (Å²) < 4.78 is 5.15. The second kappa shape index (κ2) is 6.90. The summed E-state index contributed by atoms with van der Waals surface area (Å²) in [7, 11) is 1.66. The quantitative estimate of drug-likeness (QED) is 0.724. The molecule has 1 fully saturated rings. The molecule has 1 saturated carbocycles. The Hall–Kier alpha value is -2.34. The standard InChI is InChI=1S/C15H18N2O4/c1-21-13-8-12(9-13)17-15(20)16-11-4-2-3-10(7-11)5-6-14(18)19/h2-7,12-13H,8-9H2,1H3,(H,18,19)(H2,16,17,20)/b6-5+. The lowest BCUT2D eigenvalue weighted by molar-refractivity contribution is -0.131. The fourth-order valence-corrected chi connectivity index (χ4v) is 2.12. The molecule has 0 aliphatic heterocycles. The topological polar surface area (TPSA) is 87.7 Å². The van der Waals surface area contributed by atoms with Crippen molar-refractivity contribution in [2.45, 2.75) is 25.0 Å². The fourth-order valence-electron chi connectivity index (χ4n) is 2.12. The van der Waals surface area contributed by atoms with E-state index >= 15 is 0 Å². The Morgan fingerprint density at radius 3 is 2.81 bits per heavy atom. The molecule has 0 heterocycles. The number of amides is 2. The van der Waals surface area contributed by atoms with E-state index in [2.05, 4.69) is 10.6 Å². The van der Waals surface area contributed by atoms with Crippen molar-refractivity contribution in [2.75, 3.05) is 12.4 Å². The summed E-state index contributed by atoms with van der Waals surface area (Å²) in [5, 5.41) is 14.2. The highest BCUT2D eigenvalue weighted by atomic mass is 16.5. The molecule has 1 aliphatic carbocycles. The molecular formula is C15H18N2O4. The Kier molecular flexibility index (Phi) is 4.94. The average Bonchev–Trinajstić information content (AvgIpc) is 2.40. The Bertz CT molecular complexity index is 550. The molecule has 0 saturated heterocycles. The summed E-state index contributed by atoms with van der Waals surface area (Å²) in [5.41, 5.74) is 1.32. The van der Waals surface area contributed by atoms with Gasteiger partial charge in [-0.25, -0.2) is 9.59 Å². The van der Waals surface area contributed by atoms with Crippen molar-refractivity contribution in [3.63, 3.8) is 0 Å². The number of carbonyl (C=O) groups is 2. The number of rotatable bonds is 5. The number of carboxylic acids is 1. The molecule has 3 N–H and O–H groups in total. The molecule has 112 valence electrons. The summed E-state index contributed by atoms with van der Waals surface area (Å²) in [5.74, 6) is -1.01. The summed E-state index contributed by atoms with van der Waals surface area (Å²) in [6, 6.07) is 6.84. The molecule has 1 aromatic rings. The molecule has 1 aliphatic rings. The van der Waals surface area contributed by atoms with Crippen LogP contribution in [0.15, 0.2) is 30.3 Å². The van der Waals surface area contributed by atoms with Gasteiger partial charge in [0, 0.05) is 24.9 Å². The summed E-state index contributed by atoms with van der Waals surface area (Å²) >= 11 is 0. The molecule has 0 atom stereocenters. The van der Waals surface area contributed by atoms with Crippen LogP contribution in [0.3, 0.4) is 0 Å². The lowest BCUT2D eigenvalue weighted by Gasteiger charge is -2.34. The van der Waals surface area contributed by atoms with E-state index in [1.807, 2.05) is 0 Å². The number of nitrogens with one attached hydrogen (secondary N) is 2. The summed E-state index contributed by atoms with van der Waals surface area (Å²) in [6.07, 6.45) is 4.41. The van der Waals surface area contributed by atoms with E-state index in [0.29, 0.717) is 11.3 Å². The van der Waals surface area contributed by atoms with Crippen LogP contribution < -0.4 is 10.6 Å². The maximum Gasteiger partial charge on any atom is 0.328 e. The van der Waals surface area contributed by atoms with Crippen molar-refractivity contribution in [3.8, 4) is 0 Å². The minimum Gasteiger partial charge on any atom is -0.478 e. The molecule has 21 heavy (non-hydrogen) atoms. The van der Waals surface area contributed by atoms with E-state index in [-0.39, 0.29) is 18.2 Å². The Morgan fingerprint density at radius 1 is 1.38 bits per heavy atom. The average molecular weight is 290 g/mol. The lowest BCUT2D eigenvalue weighted by Crippen LogP contribution is -2.48. The fraction of sp³-hybridized carbons (Fsp3) is 0.333. The first kappa shape index (κ1) is 15.1. The maximum atomic E-state index is 11.8. The number of anilines is 1. The highest BCUT2D eigenvalue weighted by molar-refractivity contribution is 5.90. The third-order valence-corrected chi connectivity index (χ3v) is 3.33. The van der Waals surface area contributed by atoms with Crippen molar-refractivity contribution in [1.29, 1.82) is 0 Å². The van der Waals surface area contributed by atoms with Crippen molar-refractivity contribution in [2.24, 2.45) is 0 Å². The van der Waals surface area contributed by atoms with Gasteiger partial charge >= 0.3 is 12.0 Å². The molecule has 0 spiro atoms. The molecule has 2 rings (SSSR count). The summed E-state index contributed by atoms with van der Waals surface area (Å²) in [6.45, 7) is 0. The maximum absolute atomic E-state index is 11.8. The van der Waals surface area contributed by atoms with Crippen LogP contribution in [-0.2, 0) is 9.53 Å². The van der Waals surface area contributed by atoms with Gasteiger partial charge in [0.2, 0.25) is 0 Å². The van der Waals surface area contributed by atoms with Crippen LogP contribution in [0.25, 0.3) is 6.08 Å². The van der Waals surface area contributed by atoms with Crippen LogP contribution in [-0.4, -0.2) is 36.4 Å². The molecule has 0 bridgehead atoms. The Morgan fingerprint density at radius 2 is 2.14 bits per heavy atom. The third-order valence-electron chi connectivity index (χ3n) is 3.33. The molecule has 1 aromatic carbocycles. The zero-order chi connectivity index (χ0) is 15.2. The van der Waals surface area contributed by atoms with E-state index < -0.39 is 5.97 Å². The molecule has 0 unspecified atom stereocenters. The Balaban J connectivity index is 1.86. The van der Waals surface area contributed by atoms with Gasteiger partial charge in [-0.1, -0.05) is 12.1 Å². The predicted molar refractivity (Wildman–Crippen MR) is 79.1 cm³/mol. The van der Waals surface area contributed by atoms with E-state index in [1.165, 1.54) is 6.08 Å². The van der Waals surface area contributed by atoms with Crippen molar-refractivity contribution in [3.05, 3.63) is 35.9 Å². The SMILES string of the molecule is COC1CC(NC(=O)Nc2cccc(/C=C/C(=O)O)c2)C1. The highest BCUT2D eigenvalue weighted by Crippen LogP contribution is 2.22. The highest BCUT2D eigenvalue weighted by Gasteiger charge is 2.29. The van der Waals surface area contributed by atoms with Gasteiger partial charge < -0.3 is 20.5 Å². The number of hydrogen-bond acceptors (Lipinski definition) is 3. The number of ether oxygens (including phenoxy) is 1. The van der Waals surface area contributed by atoms with Gasteiger partial charge in [0.05, 0.1) is 6.10 Å². The van der Waals surface area contributed by atoms with Crippen LogP contribution in [0.2, 0.25) is 0 Å². The first-order chi connectivity index (χ1) is 10.1. The number of hydrogen-bond donors (Lipinski definition) is 3. The largest absolute Gasteiger partial charge is 0.478 e. The van der Waals surface area contributed by atoms with Gasteiger partial charge in [0.1, 0.15) is 0 Å². The third kappa shape index (κ3) is 4.61. The van der Waals surface area contributed by atoms with E-state index in [4.69, 9.17) is 9.84 Å². The molecule has 6 nitrogen and oxygen atoms in total. The van der Waals surface area contributed by atoms with Gasteiger partial charge in [0.15, 0.2) is 0 Å². The number of aliphatic carboxylic acids is 1. The van der Waals surface area contributed by atoms with E-state index in [0.717, 1.165) is 18.9 Å². The smallest absolute Gasteiger partial charge is 0.328 e. The number of benzene rings is 1. The van der Waals surface area contributed by atoms with Crippen molar-refractivity contribution in [1.82, 2.24) is 5.32 Å². The van der Waals surface area contributed by atoms with Crippen molar-refractivity contribution >= 4 is 23.8 Å². The zero-order valence-corrected chi connectivity index (χ0v) is 11.7. The number of carbonyl (C=O) groups excluding carboxylic acids is 1. The van der Waals surface area contributed by atoms with E-state index in [9.17, 15) is 9.59 Å². The molecular weight excluding hydrogens is 272 g/mol. The minimum absolute atomic E-state index is 0.144. The Labute approximate surface area is 122 Å². The molecule has 2 amide bonds. The first-order valence-electron chi connectivity index (χ1n) is 6.68. The second-order valence-corrected chi connectivity index (χ2v) is 4.92. The monoisotopic (exact) mass is 290 g/mol. The van der Waals surface area contributed by atoms with Crippen LogP contribution in [0.1, 0.15) is 18.4 Å². The number of urea groups is 1. The van der Waals surface area contributed by atoms with Gasteiger partial charge in [-0.15, -0.1) is 0 Å². The van der Waals surface area contributed by atoms with Crippen LogP contribution >= 0.6 is 0 Å². The molecule has 0 radical (unpaired) electrons. The number of methoxy groups -OCH3 is 1. The van der Waals surface area contributed by atoms with Crippen LogP contribution in [0, 0.1) is 0 Å². The van der Waals surface area contributed by atoms with Gasteiger partial charge in [-0.05, 0) is 36.6 Å². The molecule has 6 heteroatoms. The lowest BCUT2D eigenvalue weighted by atomic mass is 9.89.